The van der Waals surface area contributed by atoms with Crippen LogP contribution < -0.4 is 9.47 Å². The third-order valence-electron chi connectivity index (χ3n) is 9.11. The summed E-state index contributed by atoms with van der Waals surface area (Å²) in [5.41, 5.74) is 14.0. The van der Waals surface area contributed by atoms with Gasteiger partial charge in [0.2, 0.25) is 0 Å². The first kappa shape index (κ1) is 33.2. The Bertz CT molecular complexity index is 2080. The van der Waals surface area contributed by atoms with Crippen LogP contribution in [0.25, 0.3) is 68.6 Å². The van der Waals surface area contributed by atoms with E-state index in [0.717, 1.165) is 115 Å². The van der Waals surface area contributed by atoms with Crippen molar-refractivity contribution in [2.45, 2.75) is 66.2 Å². The van der Waals surface area contributed by atoms with Crippen LogP contribution in [0.3, 0.4) is 0 Å². The Morgan fingerprint density at radius 3 is 1.42 bits per heavy atom. The predicted molar refractivity (Wildman–Crippen MR) is 209 cm³/mol. The fraction of sp³-hybridized carbons (Fsp3) is 0.273. The molecule has 0 unspecified atom stereocenters. The van der Waals surface area contributed by atoms with Crippen molar-refractivity contribution >= 4 is 46.4 Å². The average Bonchev–Trinajstić information content (AvgIpc) is 3.92. The molecule has 6 nitrogen and oxygen atoms in total. The van der Waals surface area contributed by atoms with Crippen molar-refractivity contribution in [1.29, 1.82) is 0 Å². The molecule has 3 aromatic heterocycles. The van der Waals surface area contributed by atoms with Crippen molar-refractivity contribution in [1.82, 2.24) is 19.9 Å². The number of fused-ring (bicyclic) bond motifs is 8. The Morgan fingerprint density at radius 2 is 0.980 bits per heavy atom. The van der Waals surface area contributed by atoms with Crippen LogP contribution in [0.2, 0.25) is 0 Å². The van der Waals surface area contributed by atoms with E-state index in [9.17, 15) is 0 Å². The maximum Gasteiger partial charge on any atom is 0.120 e. The first-order valence-electron chi connectivity index (χ1n) is 18.1. The van der Waals surface area contributed by atoms with Crippen LogP contribution in [-0.2, 0) is 0 Å². The second-order valence-corrected chi connectivity index (χ2v) is 13.4. The van der Waals surface area contributed by atoms with Gasteiger partial charge in [-0.25, -0.2) is 9.97 Å². The smallest absolute Gasteiger partial charge is 0.120 e. The summed E-state index contributed by atoms with van der Waals surface area (Å²) in [7, 11) is 0. The molecule has 6 heteroatoms. The third-order valence-corrected chi connectivity index (χ3v) is 9.11. The summed E-state index contributed by atoms with van der Waals surface area (Å²) in [6.45, 7) is 10.1. The molecule has 5 aromatic rings. The van der Waals surface area contributed by atoms with Crippen molar-refractivity contribution in [3.63, 3.8) is 0 Å². The zero-order valence-corrected chi connectivity index (χ0v) is 29.6. The number of ether oxygens (including phenoxy) is 2. The van der Waals surface area contributed by atoms with Crippen molar-refractivity contribution in [3.8, 4) is 33.8 Å². The Hall–Kier alpha value is -5.36. The van der Waals surface area contributed by atoms with Gasteiger partial charge in [-0.15, -0.1) is 0 Å². The van der Waals surface area contributed by atoms with Gasteiger partial charge in [0, 0.05) is 33.2 Å². The van der Waals surface area contributed by atoms with Crippen molar-refractivity contribution in [2.24, 2.45) is 0 Å². The number of unbranched alkanes of at least 4 members (excludes halogenated alkanes) is 4. The van der Waals surface area contributed by atoms with Gasteiger partial charge < -0.3 is 19.4 Å². The molecule has 7 rings (SSSR count). The number of benzene rings is 2. The van der Waals surface area contributed by atoms with E-state index in [1.165, 1.54) is 12.8 Å². The highest BCUT2D eigenvalue weighted by molar-refractivity contribution is 5.93. The number of aryl methyl sites for hydroxylation is 2. The van der Waals surface area contributed by atoms with Crippen molar-refractivity contribution < 1.29 is 9.47 Å². The third kappa shape index (κ3) is 7.60. The molecule has 2 aliphatic rings. The van der Waals surface area contributed by atoms with Crippen LogP contribution in [0.5, 0.6) is 11.5 Å². The SMILES string of the molecule is CCCCCOc1cc(C)cc(-c2c3nc(cc4ccc([nH]4)c(-c4cc(C)cc(OCCCCC)c4)c4nc(cc5ccc2[nH]5)C=C4)C=C3)c1. The maximum absolute atomic E-state index is 6.22. The summed E-state index contributed by atoms with van der Waals surface area (Å²) in [5.74, 6) is 1.77. The first-order valence-corrected chi connectivity index (χ1v) is 18.1. The van der Waals surface area contributed by atoms with E-state index in [0.29, 0.717) is 13.2 Å². The summed E-state index contributed by atoms with van der Waals surface area (Å²) in [6.07, 6.45) is 15.1. The summed E-state index contributed by atoms with van der Waals surface area (Å²) in [6, 6.07) is 25.6. The average molecular weight is 663 g/mol. The minimum Gasteiger partial charge on any atom is -0.494 e. The highest BCUT2D eigenvalue weighted by atomic mass is 16.5. The van der Waals surface area contributed by atoms with Gasteiger partial charge in [-0.1, -0.05) is 51.7 Å². The normalized spacial score (nSPS) is 12.1. The Kier molecular flexibility index (Phi) is 9.97. The molecule has 254 valence electrons. The molecule has 0 saturated heterocycles. The summed E-state index contributed by atoms with van der Waals surface area (Å²) in [5, 5.41) is 0. The fourth-order valence-corrected chi connectivity index (χ4v) is 6.72. The van der Waals surface area contributed by atoms with Gasteiger partial charge >= 0.3 is 0 Å². The summed E-state index contributed by atoms with van der Waals surface area (Å²) < 4.78 is 12.4. The van der Waals surface area contributed by atoms with Crippen LogP contribution in [0, 0.1) is 13.8 Å². The number of hydrogen-bond acceptors (Lipinski definition) is 4. The number of H-pyrrole nitrogens is 2. The van der Waals surface area contributed by atoms with Gasteiger partial charge in [0.15, 0.2) is 0 Å². The lowest BCUT2D eigenvalue weighted by molar-refractivity contribution is 0.306. The minimum absolute atomic E-state index is 0.713. The van der Waals surface area contributed by atoms with E-state index in [1.54, 1.807) is 0 Å². The van der Waals surface area contributed by atoms with E-state index in [-0.39, 0.29) is 0 Å². The molecular formula is C44H46N4O2. The lowest BCUT2D eigenvalue weighted by Gasteiger charge is -2.11. The highest BCUT2D eigenvalue weighted by Crippen LogP contribution is 2.35. The van der Waals surface area contributed by atoms with E-state index >= 15 is 0 Å². The Morgan fingerprint density at radius 1 is 0.520 bits per heavy atom. The van der Waals surface area contributed by atoms with E-state index in [1.807, 2.05) is 0 Å². The number of nitrogens with zero attached hydrogens (tertiary/aromatic N) is 2. The van der Waals surface area contributed by atoms with Crippen LogP contribution in [0.1, 0.15) is 86.3 Å². The van der Waals surface area contributed by atoms with Crippen molar-refractivity contribution in [3.05, 3.63) is 107 Å². The molecule has 2 N–H and O–H groups in total. The summed E-state index contributed by atoms with van der Waals surface area (Å²) in [4.78, 5) is 17.6. The number of nitrogens with one attached hydrogen (secondary N) is 2. The number of aromatic nitrogens is 4. The topological polar surface area (TPSA) is 75.8 Å². The second-order valence-electron chi connectivity index (χ2n) is 13.4. The zero-order valence-electron chi connectivity index (χ0n) is 29.6. The van der Waals surface area contributed by atoms with Crippen LogP contribution in [-0.4, -0.2) is 33.1 Å². The van der Waals surface area contributed by atoms with Gasteiger partial charge in [-0.2, -0.15) is 0 Å². The molecule has 8 bridgehead atoms. The molecular weight excluding hydrogens is 617 g/mol. The molecule has 0 amide bonds. The number of aromatic amines is 2. The highest BCUT2D eigenvalue weighted by Gasteiger charge is 2.15. The summed E-state index contributed by atoms with van der Waals surface area (Å²) >= 11 is 0. The fourth-order valence-electron chi connectivity index (χ4n) is 6.72. The molecule has 0 aliphatic carbocycles. The van der Waals surface area contributed by atoms with Crippen LogP contribution in [0.15, 0.2) is 72.8 Å². The Labute approximate surface area is 295 Å². The molecule has 0 fully saturated rings. The molecule has 50 heavy (non-hydrogen) atoms. The Balaban J connectivity index is 1.39. The molecule has 0 saturated carbocycles. The largest absolute Gasteiger partial charge is 0.494 e. The van der Waals surface area contributed by atoms with Crippen molar-refractivity contribution in [2.75, 3.05) is 13.2 Å². The lowest BCUT2D eigenvalue weighted by atomic mass is 10.0. The molecule has 2 aliphatic heterocycles. The standard InChI is InChI=1S/C44H46N4O2/c1-5-7-9-19-49-37-23-29(3)21-31(25-37)43-39-15-11-33(45-39)27-35-13-17-41(47-35)44(32-22-30(4)24-38(26-32)50-20-10-8-6-2)42-18-14-36(48-42)28-34-12-16-40(43)46-34/h11-18,21-28,45,48H,5-10,19-20H2,1-4H3. The molecule has 5 heterocycles. The zero-order chi connectivity index (χ0) is 34.5. The van der Waals surface area contributed by atoms with E-state index in [4.69, 9.17) is 19.4 Å². The maximum atomic E-state index is 6.22. The second kappa shape index (κ2) is 15.0. The molecule has 0 radical (unpaired) electrons. The van der Waals surface area contributed by atoms with Gasteiger partial charge in [-0.05, 0) is 134 Å². The molecule has 2 aromatic carbocycles. The van der Waals surface area contributed by atoms with Gasteiger partial charge in [0.1, 0.15) is 11.5 Å². The lowest BCUT2D eigenvalue weighted by Crippen LogP contribution is -1.98. The van der Waals surface area contributed by atoms with Gasteiger partial charge in [0.25, 0.3) is 0 Å². The number of rotatable bonds is 12. The van der Waals surface area contributed by atoms with Crippen LogP contribution in [0.4, 0.5) is 0 Å². The first-order chi connectivity index (χ1) is 24.4. The monoisotopic (exact) mass is 662 g/mol. The quantitative estimate of drug-likeness (QED) is 0.128. The van der Waals surface area contributed by atoms with E-state index < -0.39 is 0 Å². The van der Waals surface area contributed by atoms with Gasteiger partial charge in [-0.3, -0.25) is 0 Å². The molecule has 0 spiro atoms. The van der Waals surface area contributed by atoms with E-state index in [2.05, 4.69) is 135 Å². The minimum atomic E-state index is 0.713. The predicted octanol–water partition coefficient (Wildman–Crippen LogP) is 11.7. The number of hydrogen-bond donors (Lipinski definition) is 2. The molecule has 0 atom stereocenters. The van der Waals surface area contributed by atoms with Gasteiger partial charge in [0.05, 0.1) is 36.0 Å². The van der Waals surface area contributed by atoms with Crippen LogP contribution >= 0.6 is 0 Å².